The SMILES string of the molecule is C#CCN1CCN(C(=O)C2CCCCCC2N)CC1. The molecule has 2 aliphatic rings. The monoisotopic (exact) mass is 263 g/mol. The molecule has 2 N–H and O–H groups in total. The summed E-state index contributed by atoms with van der Waals surface area (Å²) in [6.07, 6.45) is 10.8. The number of amides is 1. The van der Waals surface area contributed by atoms with Crippen molar-refractivity contribution in [3.05, 3.63) is 0 Å². The standard InChI is InChI=1S/C15H25N3O/c1-2-8-17-9-11-18(12-10-17)15(19)13-6-4-3-5-7-14(13)16/h1,13-14H,3-12,16H2. The molecule has 0 radical (unpaired) electrons. The fraction of sp³-hybridized carbons (Fsp3) is 0.800. The predicted octanol–water partition coefficient (Wildman–Crippen LogP) is 0.671. The van der Waals surface area contributed by atoms with Crippen LogP contribution in [0.3, 0.4) is 0 Å². The maximum absolute atomic E-state index is 12.6. The van der Waals surface area contributed by atoms with Crippen molar-refractivity contribution in [3.63, 3.8) is 0 Å². The van der Waals surface area contributed by atoms with Crippen molar-refractivity contribution in [1.82, 2.24) is 9.80 Å². The van der Waals surface area contributed by atoms with Gasteiger partial charge in [-0.25, -0.2) is 0 Å². The summed E-state index contributed by atoms with van der Waals surface area (Å²) in [6, 6.07) is 0.0544. The van der Waals surface area contributed by atoms with E-state index >= 15 is 0 Å². The summed E-state index contributed by atoms with van der Waals surface area (Å²) in [4.78, 5) is 16.8. The molecule has 2 atom stereocenters. The fourth-order valence-corrected chi connectivity index (χ4v) is 3.13. The quantitative estimate of drug-likeness (QED) is 0.588. The highest BCUT2D eigenvalue weighted by atomic mass is 16.2. The number of nitrogens with zero attached hydrogens (tertiary/aromatic N) is 2. The third-order valence-electron chi connectivity index (χ3n) is 4.39. The van der Waals surface area contributed by atoms with Gasteiger partial charge in [-0.2, -0.15) is 0 Å². The van der Waals surface area contributed by atoms with Gasteiger partial charge in [0, 0.05) is 32.2 Å². The van der Waals surface area contributed by atoms with Gasteiger partial charge in [-0.15, -0.1) is 6.42 Å². The van der Waals surface area contributed by atoms with Gasteiger partial charge in [0.2, 0.25) is 5.91 Å². The highest BCUT2D eigenvalue weighted by molar-refractivity contribution is 5.79. The third-order valence-corrected chi connectivity index (χ3v) is 4.39. The highest BCUT2D eigenvalue weighted by Crippen LogP contribution is 2.24. The summed E-state index contributed by atoms with van der Waals surface area (Å²) < 4.78 is 0. The Morgan fingerprint density at radius 2 is 1.84 bits per heavy atom. The molecule has 1 amide bonds. The van der Waals surface area contributed by atoms with E-state index < -0.39 is 0 Å². The maximum atomic E-state index is 12.6. The lowest BCUT2D eigenvalue weighted by molar-refractivity contribution is -0.138. The normalized spacial score (nSPS) is 29.6. The van der Waals surface area contributed by atoms with Crippen molar-refractivity contribution in [1.29, 1.82) is 0 Å². The molecule has 0 aromatic carbocycles. The zero-order valence-electron chi connectivity index (χ0n) is 11.7. The van der Waals surface area contributed by atoms with Crippen LogP contribution in [0.15, 0.2) is 0 Å². The Kier molecular flexibility index (Phi) is 5.24. The Labute approximate surface area is 116 Å². The van der Waals surface area contributed by atoms with E-state index in [1.54, 1.807) is 0 Å². The number of nitrogens with two attached hydrogens (primary N) is 1. The van der Waals surface area contributed by atoms with Crippen molar-refractivity contribution in [2.75, 3.05) is 32.7 Å². The van der Waals surface area contributed by atoms with Crippen molar-refractivity contribution >= 4 is 5.91 Å². The van der Waals surface area contributed by atoms with Gasteiger partial charge in [0.15, 0.2) is 0 Å². The molecule has 4 heteroatoms. The molecule has 0 bridgehead atoms. The fourth-order valence-electron chi connectivity index (χ4n) is 3.13. The number of terminal acetylenes is 1. The first-order valence-electron chi connectivity index (χ1n) is 7.42. The Hall–Kier alpha value is -1.05. The van der Waals surface area contributed by atoms with Gasteiger partial charge >= 0.3 is 0 Å². The molecule has 1 saturated carbocycles. The molecule has 1 saturated heterocycles. The summed E-state index contributed by atoms with van der Waals surface area (Å²) in [6.45, 7) is 4.05. The van der Waals surface area contributed by atoms with Crippen LogP contribution >= 0.6 is 0 Å². The molecular weight excluding hydrogens is 238 g/mol. The molecule has 4 nitrogen and oxygen atoms in total. The average Bonchev–Trinajstić information content (AvgIpc) is 2.64. The lowest BCUT2D eigenvalue weighted by Gasteiger charge is -2.36. The first-order valence-corrected chi connectivity index (χ1v) is 7.42. The molecule has 106 valence electrons. The first kappa shape index (κ1) is 14.4. The van der Waals surface area contributed by atoms with Crippen LogP contribution in [-0.2, 0) is 4.79 Å². The van der Waals surface area contributed by atoms with E-state index in [9.17, 15) is 4.79 Å². The number of carbonyl (C=O) groups excluding carboxylic acids is 1. The lowest BCUT2D eigenvalue weighted by atomic mass is 9.93. The second-order valence-corrected chi connectivity index (χ2v) is 5.71. The third kappa shape index (κ3) is 3.71. The van der Waals surface area contributed by atoms with Gasteiger partial charge in [0.1, 0.15) is 0 Å². The predicted molar refractivity (Wildman–Crippen MR) is 76.4 cm³/mol. The molecule has 19 heavy (non-hydrogen) atoms. The highest BCUT2D eigenvalue weighted by Gasteiger charge is 2.31. The molecule has 0 aromatic heterocycles. The van der Waals surface area contributed by atoms with E-state index in [4.69, 9.17) is 12.2 Å². The Bertz CT molecular complexity index is 342. The molecule has 2 unspecified atom stereocenters. The number of hydrogen-bond acceptors (Lipinski definition) is 3. The van der Waals surface area contributed by atoms with Crippen molar-refractivity contribution in [2.24, 2.45) is 11.7 Å². The van der Waals surface area contributed by atoms with E-state index in [2.05, 4.69) is 10.8 Å². The second-order valence-electron chi connectivity index (χ2n) is 5.71. The van der Waals surface area contributed by atoms with Gasteiger partial charge in [-0.05, 0) is 12.8 Å². The van der Waals surface area contributed by atoms with Crippen molar-refractivity contribution < 1.29 is 4.79 Å². The van der Waals surface area contributed by atoms with Gasteiger partial charge in [-0.1, -0.05) is 25.2 Å². The van der Waals surface area contributed by atoms with E-state index in [0.717, 1.165) is 45.4 Å². The van der Waals surface area contributed by atoms with Gasteiger partial charge in [0.25, 0.3) is 0 Å². The minimum absolute atomic E-state index is 0.0432. The second kappa shape index (κ2) is 6.93. The van der Waals surface area contributed by atoms with E-state index in [1.807, 2.05) is 4.90 Å². The Morgan fingerprint density at radius 3 is 2.53 bits per heavy atom. The maximum Gasteiger partial charge on any atom is 0.227 e. The van der Waals surface area contributed by atoms with E-state index in [-0.39, 0.29) is 17.9 Å². The summed E-state index contributed by atoms with van der Waals surface area (Å²) in [7, 11) is 0. The molecule has 1 heterocycles. The van der Waals surface area contributed by atoms with Crippen LogP contribution in [0.4, 0.5) is 0 Å². The average molecular weight is 263 g/mol. The molecule has 2 fully saturated rings. The minimum atomic E-state index is 0.0432. The summed E-state index contributed by atoms with van der Waals surface area (Å²) in [5.74, 6) is 2.98. The zero-order chi connectivity index (χ0) is 13.7. The number of piperazine rings is 1. The van der Waals surface area contributed by atoms with Gasteiger partial charge in [0.05, 0.1) is 12.5 Å². The molecule has 0 spiro atoms. The molecule has 2 rings (SSSR count). The van der Waals surface area contributed by atoms with Crippen LogP contribution in [0, 0.1) is 18.3 Å². The minimum Gasteiger partial charge on any atom is -0.340 e. The van der Waals surface area contributed by atoms with Crippen LogP contribution in [0.2, 0.25) is 0 Å². The van der Waals surface area contributed by atoms with E-state index in [0.29, 0.717) is 6.54 Å². The van der Waals surface area contributed by atoms with Crippen LogP contribution < -0.4 is 5.73 Å². The molecular formula is C15H25N3O. The molecule has 1 aliphatic carbocycles. The summed E-state index contributed by atoms with van der Waals surface area (Å²) in [5, 5.41) is 0. The lowest BCUT2D eigenvalue weighted by Crippen LogP contribution is -2.52. The number of hydrogen-bond donors (Lipinski definition) is 1. The Morgan fingerprint density at radius 1 is 1.16 bits per heavy atom. The van der Waals surface area contributed by atoms with Crippen LogP contribution in [0.1, 0.15) is 32.1 Å². The zero-order valence-corrected chi connectivity index (χ0v) is 11.7. The van der Waals surface area contributed by atoms with Crippen LogP contribution in [0.25, 0.3) is 0 Å². The largest absolute Gasteiger partial charge is 0.340 e. The molecule has 0 aromatic rings. The number of carbonyl (C=O) groups is 1. The van der Waals surface area contributed by atoms with Gasteiger partial charge in [-0.3, -0.25) is 9.69 Å². The van der Waals surface area contributed by atoms with E-state index in [1.165, 1.54) is 12.8 Å². The number of rotatable bonds is 2. The van der Waals surface area contributed by atoms with Crippen molar-refractivity contribution in [3.8, 4) is 12.3 Å². The van der Waals surface area contributed by atoms with Crippen LogP contribution in [-0.4, -0.2) is 54.5 Å². The first-order chi connectivity index (χ1) is 9.22. The summed E-state index contributed by atoms with van der Waals surface area (Å²) >= 11 is 0. The summed E-state index contributed by atoms with van der Waals surface area (Å²) in [5.41, 5.74) is 6.18. The van der Waals surface area contributed by atoms with Crippen LogP contribution in [0.5, 0.6) is 0 Å². The topological polar surface area (TPSA) is 49.6 Å². The van der Waals surface area contributed by atoms with Gasteiger partial charge < -0.3 is 10.6 Å². The van der Waals surface area contributed by atoms with Crippen molar-refractivity contribution in [2.45, 2.75) is 38.1 Å². The Balaban J connectivity index is 1.88. The molecule has 1 aliphatic heterocycles. The smallest absolute Gasteiger partial charge is 0.227 e.